The summed E-state index contributed by atoms with van der Waals surface area (Å²) >= 11 is 0. The highest BCUT2D eigenvalue weighted by atomic mass is 14.9. The molecule has 1 nitrogen and oxygen atoms in total. The number of fused-ring (bicyclic) bond motifs is 1. The molecule has 3 aliphatic rings. The second kappa shape index (κ2) is 3.39. The van der Waals surface area contributed by atoms with Crippen molar-refractivity contribution in [2.75, 3.05) is 6.54 Å². The van der Waals surface area contributed by atoms with Gasteiger partial charge in [0.25, 0.3) is 0 Å². The van der Waals surface area contributed by atoms with E-state index in [1.807, 2.05) is 0 Å². The fourth-order valence-corrected chi connectivity index (χ4v) is 4.76. The van der Waals surface area contributed by atoms with Crippen LogP contribution in [0.4, 0.5) is 0 Å². The van der Waals surface area contributed by atoms with Crippen LogP contribution in [0.25, 0.3) is 0 Å². The Morgan fingerprint density at radius 1 is 1.22 bits per heavy atom. The van der Waals surface area contributed by atoms with Crippen LogP contribution in [0.1, 0.15) is 62.1 Å². The van der Waals surface area contributed by atoms with Gasteiger partial charge in [0.05, 0.1) is 0 Å². The van der Waals surface area contributed by atoms with E-state index >= 15 is 0 Å². The van der Waals surface area contributed by atoms with Crippen molar-refractivity contribution in [3.8, 4) is 0 Å². The van der Waals surface area contributed by atoms with Gasteiger partial charge in [-0.2, -0.15) is 0 Å². The summed E-state index contributed by atoms with van der Waals surface area (Å²) in [6.07, 6.45) is 5.54. The third-order valence-corrected chi connectivity index (χ3v) is 5.91. The number of nitrogens with one attached hydrogen (secondary N) is 1. The fraction of sp³-hybridized carbons (Fsp3) is 0.647. The predicted octanol–water partition coefficient (Wildman–Crippen LogP) is 3.73. The second-order valence-corrected chi connectivity index (χ2v) is 7.21. The third kappa shape index (κ3) is 1.26. The smallest absolute Gasteiger partial charge is 0.0208 e. The zero-order chi connectivity index (χ0) is 12.4. The van der Waals surface area contributed by atoms with Crippen molar-refractivity contribution >= 4 is 0 Å². The largest absolute Gasteiger partial charge is 0.313 e. The number of rotatable bonds is 0. The zero-order valence-corrected chi connectivity index (χ0v) is 11.6. The molecule has 1 atom stereocenters. The monoisotopic (exact) mass is 241 g/mol. The molecule has 2 aliphatic carbocycles. The highest BCUT2D eigenvalue weighted by molar-refractivity contribution is 5.50. The molecule has 4 rings (SSSR count). The van der Waals surface area contributed by atoms with Gasteiger partial charge >= 0.3 is 0 Å². The van der Waals surface area contributed by atoms with E-state index in [-0.39, 0.29) is 0 Å². The molecule has 1 saturated carbocycles. The van der Waals surface area contributed by atoms with Gasteiger partial charge in [-0.15, -0.1) is 0 Å². The predicted molar refractivity (Wildman–Crippen MR) is 74.8 cm³/mol. The number of hydrogen-bond donors (Lipinski definition) is 1. The Bertz CT molecular complexity index is 496. The zero-order valence-electron chi connectivity index (χ0n) is 11.6. The van der Waals surface area contributed by atoms with E-state index in [4.69, 9.17) is 0 Å². The summed E-state index contributed by atoms with van der Waals surface area (Å²) in [6.45, 7) is 7.28. The van der Waals surface area contributed by atoms with Gasteiger partial charge in [-0.05, 0) is 60.3 Å². The number of benzene rings is 1. The molecule has 18 heavy (non-hydrogen) atoms. The average molecular weight is 241 g/mol. The second-order valence-electron chi connectivity index (χ2n) is 7.21. The minimum Gasteiger partial charge on any atom is -0.313 e. The molecule has 1 heteroatoms. The van der Waals surface area contributed by atoms with Gasteiger partial charge in [0.15, 0.2) is 0 Å². The van der Waals surface area contributed by atoms with Crippen molar-refractivity contribution in [2.24, 2.45) is 5.41 Å². The summed E-state index contributed by atoms with van der Waals surface area (Å²) in [6, 6.07) is 7.07. The fourth-order valence-electron chi connectivity index (χ4n) is 4.76. The number of hydrogen-bond acceptors (Lipinski definition) is 1. The molecule has 1 aromatic carbocycles. The van der Waals surface area contributed by atoms with Gasteiger partial charge in [-0.25, -0.2) is 0 Å². The maximum atomic E-state index is 3.60. The van der Waals surface area contributed by atoms with Crippen LogP contribution in [0.2, 0.25) is 0 Å². The molecule has 1 heterocycles. The lowest BCUT2D eigenvalue weighted by Gasteiger charge is -2.45. The van der Waals surface area contributed by atoms with Crippen LogP contribution in [0.15, 0.2) is 18.2 Å². The molecule has 1 spiro atoms. The standard InChI is InChI=1S/C17H23N/c1-16(2)10-12-6-9-18-11-13-4-3-5-14(15(12)13)17(16)7-8-17/h3-5,12,18H,6-11H2,1-2H3/t12-/m1/s1. The first kappa shape index (κ1) is 11.0. The van der Waals surface area contributed by atoms with Crippen LogP contribution in [-0.4, -0.2) is 6.54 Å². The van der Waals surface area contributed by atoms with Gasteiger partial charge in [0, 0.05) is 12.0 Å². The molecule has 96 valence electrons. The summed E-state index contributed by atoms with van der Waals surface area (Å²) in [5.41, 5.74) is 6.05. The van der Waals surface area contributed by atoms with Gasteiger partial charge in [0.1, 0.15) is 0 Å². The highest BCUT2D eigenvalue weighted by Crippen LogP contribution is 2.67. The molecular formula is C17H23N. The van der Waals surface area contributed by atoms with Crippen LogP contribution in [0.3, 0.4) is 0 Å². The Balaban J connectivity index is 1.96. The Kier molecular flexibility index (Phi) is 2.08. The van der Waals surface area contributed by atoms with E-state index in [2.05, 4.69) is 37.4 Å². The van der Waals surface area contributed by atoms with Crippen LogP contribution in [-0.2, 0) is 12.0 Å². The molecule has 1 N–H and O–H groups in total. The van der Waals surface area contributed by atoms with Gasteiger partial charge in [-0.1, -0.05) is 32.0 Å². The topological polar surface area (TPSA) is 12.0 Å². The molecule has 1 aliphatic heterocycles. The molecule has 0 radical (unpaired) electrons. The van der Waals surface area contributed by atoms with Crippen LogP contribution in [0.5, 0.6) is 0 Å². The minimum absolute atomic E-state index is 0.494. The maximum Gasteiger partial charge on any atom is 0.0208 e. The lowest BCUT2D eigenvalue weighted by molar-refractivity contribution is 0.197. The van der Waals surface area contributed by atoms with E-state index in [0.717, 1.165) is 12.5 Å². The Labute approximate surface area is 110 Å². The first-order valence-electron chi connectivity index (χ1n) is 7.47. The van der Waals surface area contributed by atoms with Crippen molar-refractivity contribution in [1.82, 2.24) is 5.32 Å². The van der Waals surface area contributed by atoms with E-state index in [9.17, 15) is 0 Å². The van der Waals surface area contributed by atoms with E-state index < -0.39 is 0 Å². The molecule has 0 amide bonds. The van der Waals surface area contributed by atoms with E-state index in [1.165, 1.54) is 32.2 Å². The van der Waals surface area contributed by atoms with Crippen molar-refractivity contribution in [1.29, 1.82) is 0 Å². The van der Waals surface area contributed by atoms with Gasteiger partial charge in [0.2, 0.25) is 0 Å². The third-order valence-electron chi connectivity index (χ3n) is 5.91. The van der Waals surface area contributed by atoms with Crippen molar-refractivity contribution < 1.29 is 0 Å². The highest BCUT2D eigenvalue weighted by Gasteiger charge is 2.59. The van der Waals surface area contributed by atoms with E-state index in [0.29, 0.717) is 10.8 Å². The van der Waals surface area contributed by atoms with Crippen molar-refractivity contribution in [3.05, 3.63) is 34.9 Å². The molecule has 0 unspecified atom stereocenters. The maximum absolute atomic E-state index is 3.60. The minimum atomic E-state index is 0.494. The lowest BCUT2D eigenvalue weighted by Crippen LogP contribution is -2.37. The van der Waals surface area contributed by atoms with Crippen LogP contribution in [0, 0.1) is 5.41 Å². The normalized spacial score (nSPS) is 30.7. The van der Waals surface area contributed by atoms with Crippen molar-refractivity contribution in [2.45, 2.75) is 57.4 Å². The van der Waals surface area contributed by atoms with Gasteiger partial charge < -0.3 is 5.32 Å². The first-order valence-corrected chi connectivity index (χ1v) is 7.47. The molecular weight excluding hydrogens is 218 g/mol. The van der Waals surface area contributed by atoms with Crippen LogP contribution >= 0.6 is 0 Å². The first-order chi connectivity index (χ1) is 8.64. The summed E-state index contributed by atoms with van der Waals surface area (Å²) in [5, 5.41) is 3.60. The molecule has 0 bridgehead atoms. The summed E-state index contributed by atoms with van der Waals surface area (Å²) in [4.78, 5) is 0. The Hall–Kier alpha value is -0.820. The van der Waals surface area contributed by atoms with Crippen molar-refractivity contribution in [3.63, 3.8) is 0 Å². The molecule has 0 aromatic heterocycles. The average Bonchev–Trinajstić information content (AvgIpc) is 3.12. The SMILES string of the molecule is CC1(C)C[C@H]2CCNCc3cccc(c32)C12CC2. The van der Waals surface area contributed by atoms with E-state index in [1.54, 1.807) is 16.7 Å². The Morgan fingerprint density at radius 3 is 2.83 bits per heavy atom. The molecule has 1 fully saturated rings. The summed E-state index contributed by atoms with van der Waals surface area (Å²) in [7, 11) is 0. The lowest BCUT2D eigenvalue weighted by atomic mass is 9.59. The quantitative estimate of drug-likeness (QED) is 0.730. The Morgan fingerprint density at radius 2 is 2.06 bits per heavy atom. The van der Waals surface area contributed by atoms with Gasteiger partial charge in [-0.3, -0.25) is 0 Å². The molecule has 1 aromatic rings. The summed E-state index contributed by atoms with van der Waals surface area (Å²) < 4.78 is 0. The summed E-state index contributed by atoms with van der Waals surface area (Å²) in [5.74, 6) is 0.799. The molecule has 0 saturated heterocycles. The van der Waals surface area contributed by atoms with Crippen LogP contribution < -0.4 is 5.32 Å².